The van der Waals surface area contributed by atoms with Crippen molar-refractivity contribution in [3.05, 3.63) is 42.6 Å². The highest BCUT2D eigenvalue weighted by Crippen LogP contribution is 2.50. The van der Waals surface area contributed by atoms with Crippen molar-refractivity contribution in [2.45, 2.75) is 48.1 Å². The van der Waals surface area contributed by atoms with E-state index < -0.39 is 11.9 Å². The lowest BCUT2D eigenvalue weighted by Gasteiger charge is -2.42. The highest BCUT2D eigenvalue weighted by Gasteiger charge is 2.44. The Kier molecular flexibility index (Phi) is 5.35. The van der Waals surface area contributed by atoms with E-state index in [0.29, 0.717) is 16.5 Å². The summed E-state index contributed by atoms with van der Waals surface area (Å²) in [7, 11) is 0. The van der Waals surface area contributed by atoms with Crippen molar-refractivity contribution in [2.24, 2.45) is 11.3 Å². The Morgan fingerprint density at radius 1 is 1.09 bits per heavy atom. The van der Waals surface area contributed by atoms with Gasteiger partial charge in [0.1, 0.15) is 0 Å². The molecule has 3 aromatic heterocycles. The van der Waals surface area contributed by atoms with Crippen LogP contribution in [0.3, 0.4) is 0 Å². The maximum absolute atomic E-state index is 13.4. The Morgan fingerprint density at radius 3 is 2.66 bits per heavy atom. The third kappa shape index (κ3) is 3.64. The molecule has 0 amide bonds. The molecule has 1 aliphatic carbocycles. The fraction of sp³-hybridized carbons (Fsp3) is 0.455. The zero-order chi connectivity index (χ0) is 22.3. The van der Waals surface area contributed by atoms with Crippen LogP contribution in [0.25, 0.3) is 5.65 Å². The van der Waals surface area contributed by atoms with E-state index in [2.05, 4.69) is 19.9 Å². The van der Waals surface area contributed by atoms with E-state index in [1.165, 1.54) is 25.0 Å². The number of alkyl halides is 3. The van der Waals surface area contributed by atoms with Crippen molar-refractivity contribution in [1.29, 1.82) is 5.41 Å². The first kappa shape index (κ1) is 21.2. The largest absolute Gasteiger partial charge is 0.434 e. The summed E-state index contributed by atoms with van der Waals surface area (Å²) in [5.41, 5.74) is -0.0935. The minimum atomic E-state index is -4.53. The van der Waals surface area contributed by atoms with Gasteiger partial charge in [0.25, 0.3) is 0 Å². The monoisotopic (exact) mass is 460 g/mol. The highest BCUT2D eigenvalue weighted by molar-refractivity contribution is 7.99. The van der Waals surface area contributed by atoms with Crippen molar-refractivity contribution in [2.75, 3.05) is 18.0 Å². The molecule has 2 fully saturated rings. The Morgan fingerprint density at radius 2 is 1.91 bits per heavy atom. The van der Waals surface area contributed by atoms with Crippen LogP contribution >= 0.6 is 11.8 Å². The molecule has 0 bridgehead atoms. The number of piperidine rings is 1. The Balaban J connectivity index is 1.42. The number of aromatic nitrogens is 4. The Hall–Kier alpha value is -2.62. The minimum Gasteiger partial charge on any atom is -0.342 e. The van der Waals surface area contributed by atoms with Crippen LogP contribution in [0.1, 0.15) is 37.8 Å². The van der Waals surface area contributed by atoms with Crippen LogP contribution in [0, 0.1) is 16.7 Å². The average Bonchev–Trinajstić information content (AvgIpc) is 3.42. The number of pyridine rings is 1. The number of halogens is 3. The van der Waals surface area contributed by atoms with Crippen molar-refractivity contribution in [1.82, 2.24) is 19.4 Å². The second-order valence-electron chi connectivity index (χ2n) is 8.51. The molecule has 1 saturated heterocycles. The summed E-state index contributed by atoms with van der Waals surface area (Å²) in [6.07, 6.45) is 8.82. The van der Waals surface area contributed by atoms with Gasteiger partial charge in [-0.2, -0.15) is 13.2 Å². The predicted octanol–water partition coefficient (Wildman–Crippen LogP) is 5.33. The molecule has 1 atom stereocenters. The smallest absolute Gasteiger partial charge is 0.342 e. The van der Waals surface area contributed by atoms with E-state index in [4.69, 9.17) is 5.41 Å². The molecule has 1 saturated carbocycles. The van der Waals surface area contributed by atoms with E-state index in [1.54, 1.807) is 24.8 Å². The number of imidazole rings is 1. The number of fused-ring (bicyclic) bond motifs is 1. The van der Waals surface area contributed by atoms with Crippen molar-refractivity contribution >= 4 is 29.6 Å². The van der Waals surface area contributed by atoms with Crippen LogP contribution in [-0.2, 0) is 6.18 Å². The molecule has 2 aliphatic rings. The normalized spacial score (nSPS) is 20.8. The van der Waals surface area contributed by atoms with Gasteiger partial charge in [-0.3, -0.25) is 9.38 Å². The molecule has 0 aromatic carbocycles. The molecular formula is C22H23F3N6S. The summed E-state index contributed by atoms with van der Waals surface area (Å²) in [6, 6.07) is 2.91. The van der Waals surface area contributed by atoms with Crippen LogP contribution in [0.5, 0.6) is 0 Å². The second-order valence-corrected chi connectivity index (χ2v) is 9.59. The first-order chi connectivity index (χ1) is 15.4. The van der Waals surface area contributed by atoms with Crippen LogP contribution in [0.15, 0.2) is 46.7 Å². The topological polar surface area (TPSA) is 70.2 Å². The van der Waals surface area contributed by atoms with Crippen LogP contribution < -0.4 is 4.90 Å². The maximum atomic E-state index is 13.4. The van der Waals surface area contributed by atoms with E-state index in [1.807, 2.05) is 4.40 Å². The number of hydrogen-bond acceptors (Lipinski definition) is 6. The van der Waals surface area contributed by atoms with E-state index >= 15 is 0 Å². The summed E-state index contributed by atoms with van der Waals surface area (Å²) >= 11 is 0.977. The van der Waals surface area contributed by atoms with Gasteiger partial charge in [-0.1, -0.05) is 18.2 Å². The fourth-order valence-electron chi connectivity index (χ4n) is 5.19. The molecule has 32 heavy (non-hydrogen) atoms. The fourth-order valence-corrected chi connectivity index (χ4v) is 6.19. The first-order valence-corrected chi connectivity index (χ1v) is 11.5. The molecule has 0 radical (unpaired) electrons. The lowest BCUT2D eigenvalue weighted by molar-refractivity contribution is -0.143. The lowest BCUT2D eigenvalue weighted by Crippen LogP contribution is -2.43. The highest BCUT2D eigenvalue weighted by atomic mass is 32.2. The predicted molar refractivity (Wildman–Crippen MR) is 116 cm³/mol. The molecule has 1 unspecified atom stereocenters. The summed E-state index contributed by atoms with van der Waals surface area (Å²) in [5, 5.41) is 7.79. The van der Waals surface area contributed by atoms with Crippen LogP contribution in [0.4, 0.5) is 19.1 Å². The Labute approximate surface area is 187 Å². The van der Waals surface area contributed by atoms with Gasteiger partial charge in [-0.25, -0.2) is 9.97 Å². The first-order valence-electron chi connectivity index (χ1n) is 10.7. The van der Waals surface area contributed by atoms with Gasteiger partial charge in [0.2, 0.25) is 5.95 Å². The lowest BCUT2D eigenvalue weighted by atomic mass is 9.71. The van der Waals surface area contributed by atoms with Gasteiger partial charge in [-0.15, -0.1) is 0 Å². The zero-order valence-corrected chi connectivity index (χ0v) is 18.2. The van der Waals surface area contributed by atoms with Crippen LogP contribution in [0.2, 0.25) is 0 Å². The standard InChI is InChI=1S/C22H23F3N6S/c23-22(24,25)18-16(4-2-8-27-18)32-17-14-29-20(31-12-9-28-19(17)31)30-10-6-21(7-11-30)5-1-3-15(21)13-26/h2,4,8-9,12-15,26H,1,3,5-7,10-11H2. The van der Waals surface area contributed by atoms with Gasteiger partial charge < -0.3 is 10.3 Å². The molecule has 3 aromatic rings. The summed E-state index contributed by atoms with van der Waals surface area (Å²) in [6.45, 7) is 1.69. The zero-order valence-electron chi connectivity index (χ0n) is 17.3. The molecule has 1 N–H and O–H groups in total. The van der Waals surface area contributed by atoms with Gasteiger partial charge >= 0.3 is 6.18 Å². The minimum absolute atomic E-state index is 0.0262. The number of hydrogen-bond donors (Lipinski definition) is 1. The summed E-state index contributed by atoms with van der Waals surface area (Å²) < 4.78 is 41.9. The molecule has 10 heteroatoms. The van der Waals surface area contributed by atoms with E-state index in [-0.39, 0.29) is 10.3 Å². The van der Waals surface area contributed by atoms with E-state index in [9.17, 15) is 13.2 Å². The van der Waals surface area contributed by atoms with Gasteiger partial charge in [-0.05, 0) is 55.4 Å². The van der Waals surface area contributed by atoms with E-state index in [0.717, 1.165) is 56.3 Å². The molecule has 1 aliphatic heterocycles. The van der Waals surface area contributed by atoms with Gasteiger partial charge in [0.15, 0.2) is 11.3 Å². The SMILES string of the molecule is N=CC1CCCC12CCN(c1ncc(Sc3cccnc3C(F)(F)F)c3nccn13)CC2. The number of anilines is 1. The molecule has 168 valence electrons. The van der Waals surface area contributed by atoms with Gasteiger partial charge in [0.05, 0.1) is 4.90 Å². The molecule has 1 spiro atoms. The quantitative estimate of drug-likeness (QED) is 0.533. The summed E-state index contributed by atoms with van der Waals surface area (Å²) in [4.78, 5) is 15.4. The average molecular weight is 461 g/mol. The third-order valence-electron chi connectivity index (χ3n) is 6.85. The van der Waals surface area contributed by atoms with Gasteiger partial charge in [0, 0.05) is 42.8 Å². The molecule has 6 nitrogen and oxygen atoms in total. The van der Waals surface area contributed by atoms with Crippen LogP contribution in [-0.4, -0.2) is 38.7 Å². The summed E-state index contributed by atoms with van der Waals surface area (Å²) in [5.74, 6) is 1.12. The second kappa shape index (κ2) is 8.06. The van der Waals surface area contributed by atoms with Crippen molar-refractivity contribution < 1.29 is 13.2 Å². The van der Waals surface area contributed by atoms with Crippen molar-refractivity contribution in [3.8, 4) is 0 Å². The third-order valence-corrected chi connectivity index (χ3v) is 7.91. The Bertz CT molecular complexity index is 1140. The molecular weight excluding hydrogens is 437 g/mol. The molecule has 4 heterocycles. The molecule has 5 rings (SSSR count). The number of rotatable bonds is 4. The maximum Gasteiger partial charge on any atom is 0.434 e. The number of nitrogens with one attached hydrogen (secondary N) is 1. The number of nitrogens with zero attached hydrogens (tertiary/aromatic N) is 5. The van der Waals surface area contributed by atoms with Crippen molar-refractivity contribution in [3.63, 3.8) is 0 Å².